The van der Waals surface area contributed by atoms with Gasteiger partial charge in [-0.05, 0) is 60.4 Å². The van der Waals surface area contributed by atoms with E-state index in [-0.39, 0.29) is 17.4 Å². The number of aliphatic hydroxyl groups is 1. The molecular formula is C29H27NO5. The molecule has 0 spiro atoms. The van der Waals surface area contributed by atoms with Gasteiger partial charge in [-0.2, -0.15) is 0 Å². The van der Waals surface area contributed by atoms with E-state index in [0.29, 0.717) is 24.3 Å². The third-order valence-corrected chi connectivity index (χ3v) is 6.63. The van der Waals surface area contributed by atoms with Crippen LogP contribution in [0, 0.1) is 0 Å². The molecule has 0 bridgehead atoms. The van der Waals surface area contributed by atoms with Crippen molar-refractivity contribution in [1.29, 1.82) is 0 Å². The molecule has 1 saturated heterocycles. The molecule has 2 atom stereocenters. The van der Waals surface area contributed by atoms with Crippen LogP contribution in [-0.2, 0) is 22.4 Å². The van der Waals surface area contributed by atoms with Crippen molar-refractivity contribution in [1.82, 2.24) is 4.90 Å². The molecule has 0 saturated carbocycles. The first-order chi connectivity index (χ1) is 17.0. The summed E-state index contributed by atoms with van der Waals surface area (Å²) in [5.74, 6) is -0.0107. The normalized spacial score (nSPS) is 20.6. The van der Waals surface area contributed by atoms with Crippen LogP contribution in [0.2, 0.25) is 0 Å². The van der Waals surface area contributed by atoms with Crippen LogP contribution in [0.15, 0.2) is 78.4 Å². The SMILES string of the molecule is COc1ccc([C@@H]2C(=C(O)c3ccc4c(c3)C[C@@H](C)O4)C(=O)C(=O)N2CCc2ccccc2)cc1. The largest absolute Gasteiger partial charge is 0.507 e. The fraction of sp³-hybridized carbons (Fsp3) is 0.241. The number of fused-ring (bicyclic) bond motifs is 1. The highest BCUT2D eigenvalue weighted by molar-refractivity contribution is 6.46. The molecule has 35 heavy (non-hydrogen) atoms. The molecule has 6 heteroatoms. The van der Waals surface area contributed by atoms with Gasteiger partial charge in [0.1, 0.15) is 23.4 Å². The van der Waals surface area contributed by atoms with Gasteiger partial charge in [0.15, 0.2) is 0 Å². The first kappa shape index (κ1) is 22.7. The standard InChI is InChI=1S/C29H27NO5/c1-18-16-22-17-21(10-13-24(22)35-18)27(31)25-26(20-8-11-23(34-2)12-9-20)30(29(33)28(25)32)15-14-19-6-4-3-5-7-19/h3-13,17-18,26,31H,14-16H2,1-2H3/t18-,26-/m1/s1. The van der Waals surface area contributed by atoms with Crippen LogP contribution in [0.25, 0.3) is 5.76 Å². The second-order valence-corrected chi connectivity index (χ2v) is 8.96. The summed E-state index contributed by atoms with van der Waals surface area (Å²) in [5.41, 5.74) is 3.37. The zero-order valence-corrected chi connectivity index (χ0v) is 19.7. The van der Waals surface area contributed by atoms with Gasteiger partial charge in [0.2, 0.25) is 0 Å². The monoisotopic (exact) mass is 469 g/mol. The maximum atomic E-state index is 13.3. The highest BCUT2D eigenvalue weighted by atomic mass is 16.5. The van der Waals surface area contributed by atoms with E-state index in [4.69, 9.17) is 9.47 Å². The highest BCUT2D eigenvalue weighted by Crippen LogP contribution is 2.41. The van der Waals surface area contributed by atoms with Crippen molar-refractivity contribution in [3.63, 3.8) is 0 Å². The summed E-state index contributed by atoms with van der Waals surface area (Å²) in [4.78, 5) is 28.0. The van der Waals surface area contributed by atoms with Gasteiger partial charge in [-0.3, -0.25) is 9.59 Å². The van der Waals surface area contributed by atoms with Crippen LogP contribution in [0.5, 0.6) is 11.5 Å². The average Bonchev–Trinajstić information content (AvgIpc) is 3.38. The number of hydrogen-bond acceptors (Lipinski definition) is 5. The van der Waals surface area contributed by atoms with Gasteiger partial charge in [-0.15, -0.1) is 0 Å². The molecule has 178 valence electrons. The number of benzene rings is 3. The van der Waals surface area contributed by atoms with Crippen molar-refractivity contribution >= 4 is 17.4 Å². The first-order valence-corrected chi connectivity index (χ1v) is 11.7. The first-order valence-electron chi connectivity index (χ1n) is 11.7. The second kappa shape index (κ2) is 9.29. The Labute approximate surface area is 204 Å². The summed E-state index contributed by atoms with van der Waals surface area (Å²) >= 11 is 0. The van der Waals surface area contributed by atoms with E-state index in [2.05, 4.69) is 0 Å². The predicted octanol–water partition coefficient (Wildman–Crippen LogP) is 4.68. The van der Waals surface area contributed by atoms with Crippen LogP contribution in [-0.4, -0.2) is 41.5 Å². The molecular weight excluding hydrogens is 442 g/mol. The van der Waals surface area contributed by atoms with Crippen molar-refractivity contribution < 1.29 is 24.2 Å². The van der Waals surface area contributed by atoms with E-state index in [1.807, 2.05) is 61.5 Å². The molecule has 3 aromatic rings. The number of amides is 1. The van der Waals surface area contributed by atoms with E-state index in [9.17, 15) is 14.7 Å². The molecule has 2 heterocycles. The Bertz CT molecular complexity index is 1300. The van der Waals surface area contributed by atoms with Crippen molar-refractivity contribution in [2.45, 2.75) is 31.9 Å². The average molecular weight is 470 g/mol. The molecule has 1 N–H and O–H groups in total. The Balaban J connectivity index is 1.57. The number of ether oxygens (including phenoxy) is 2. The minimum Gasteiger partial charge on any atom is -0.507 e. The lowest BCUT2D eigenvalue weighted by Crippen LogP contribution is -2.31. The number of nitrogens with zero attached hydrogens (tertiary/aromatic N) is 1. The number of likely N-dealkylation sites (tertiary alicyclic amines) is 1. The highest BCUT2D eigenvalue weighted by Gasteiger charge is 2.46. The lowest BCUT2D eigenvalue weighted by Gasteiger charge is -2.25. The quantitative estimate of drug-likeness (QED) is 0.322. The summed E-state index contributed by atoms with van der Waals surface area (Å²) < 4.78 is 11.1. The topological polar surface area (TPSA) is 76.1 Å². The minimum absolute atomic E-state index is 0.0604. The summed E-state index contributed by atoms with van der Waals surface area (Å²) in [6.07, 6.45) is 1.38. The Morgan fingerprint density at radius 2 is 1.80 bits per heavy atom. The molecule has 2 aliphatic heterocycles. The van der Waals surface area contributed by atoms with Gasteiger partial charge in [-0.1, -0.05) is 42.5 Å². The second-order valence-electron chi connectivity index (χ2n) is 8.96. The molecule has 3 aromatic carbocycles. The number of aliphatic hydroxyl groups excluding tert-OH is 1. The van der Waals surface area contributed by atoms with Gasteiger partial charge in [0, 0.05) is 18.5 Å². The maximum Gasteiger partial charge on any atom is 0.295 e. The van der Waals surface area contributed by atoms with E-state index in [1.54, 1.807) is 30.2 Å². The van der Waals surface area contributed by atoms with Gasteiger partial charge < -0.3 is 19.5 Å². The van der Waals surface area contributed by atoms with Crippen molar-refractivity contribution in [3.8, 4) is 11.5 Å². The van der Waals surface area contributed by atoms with Gasteiger partial charge in [0.05, 0.1) is 18.7 Å². The van der Waals surface area contributed by atoms with Gasteiger partial charge in [0.25, 0.3) is 11.7 Å². The Hall–Kier alpha value is -4.06. The predicted molar refractivity (Wildman–Crippen MR) is 132 cm³/mol. The molecule has 0 radical (unpaired) electrons. The summed E-state index contributed by atoms with van der Waals surface area (Å²) in [5, 5.41) is 11.4. The van der Waals surface area contributed by atoms with Crippen LogP contribution < -0.4 is 9.47 Å². The molecule has 0 unspecified atom stereocenters. The summed E-state index contributed by atoms with van der Waals surface area (Å²) in [6, 6.07) is 21.7. The van der Waals surface area contributed by atoms with Crippen molar-refractivity contribution in [3.05, 3.63) is 101 Å². The van der Waals surface area contributed by atoms with Crippen molar-refractivity contribution in [2.24, 2.45) is 0 Å². The Kier molecular flexibility index (Phi) is 6.03. The van der Waals surface area contributed by atoms with E-state index in [1.165, 1.54) is 0 Å². The maximum absolute atomic E-state index is 13.3. The van der Waals surface area contributed by atoms with Crippen molar-refractivity contribution in [2.75, 3.05) is 13.7 Å². The number of carbonyl (C=O) groups is 2. The summed E-state index contributed by atoms with van der Waals surface area (Å²) in [7, 11) is 1.58. The number of hydrogen-bond donors (Lipinski definition) is 1. The number of ketones is 1. The summed E-state index contributed by atoms with van der Waals surface area (Å²) in [6.45, 7) is 2.33. The lowest BCUT2D eigenvalue weighted by atomic mass is 9.94. The van der Waals surface area contributed by atoms with Crippen LogP contribution in [0.4, 0.5) is 0 Å². The molecule has 1 fully saturated rings. The fourth-order valence-electron chi connectivity index (χ4n) is 4.86. The lowest BCUT2D eigenvalue weighted by molar-refractivity contribution is -0.139. The number of rotatable bonds is 6. The fourth-order valence-corrected chi connectivity index (χ4v) is 4.86. The molecule has 0 aromatic heterocycles. The zero-order chi connectivity index (χ0) is 24.5. The van der Waals surface area contributed by atoms with E-state index in [0.717, 1.165) is 28.9 Å². The third kappa shape index (κ3) is 4.28. The molecule has 2 aliphatic rings. The van der Waals surface area contributed by atoms with Crippen LogP contribution >= 0.6 is 0 Å². The Morgan fingerprint density at radius 1 is 1.06 bits per heavy atom. The van der Waals surface area contributed by atoms with E-state index < -0.39 is 17.7 Å². The number of carbonyl (C=O) groups excluding carboxylic acids is 2. The number of Topliss-reactive ketones (excluding diaryl/α,β-unsaturated/α-hetero) is 1. The zero-order valence-electron chi connectivity index (χ0n) is 19.7. The smallest absolute Gasteiger partial charge is 0.295 e. The minimum atomic E-state index is -0.701. The van der Waals surface area contributed by atoms with Crippen LogP contribution in [0.3, 0.4) is 0 Å². The molecule has 6 nitrogen and oxygen atoms in total. The van der Waals surface area contributed by atoms with Gasteiger partial charge >= 0.3 is 0 Å². The van der Waals surface area contributed by atoms with Gasteiger partial charge in [-0.25, -0.2) is 0 Å². The molecule has 0 aliphatic carbocycles. The Morgan fingerprint density at radius 3 is 2.51 bits per heavy atom. The third-order valence-electron chi connectivity index (χ3n) is 6.63. The van der Waals surface area contributed by atoms with E-state index >= 15 is 0 Å². The molecule has 1 amide bonds. The number of methoxy groups -OCH3 is 1. The molecule has 5 rings (SSSR count). The van der Waals surface area contributed by atoms with Crippen LogP contribution in [0.1, 0.15) is 35.2 Å².